The first-order chi connectivity index (χ1) is 9.22. The monoisotopic (exact) mass is 259 g/mol. The first-order valence-corrected chi connectivity index (χ1v) is 7.04. The lowest BCUT2D eigenvalue weighted by Gasteiger charge is -2.32. The smallest absolute Gasteiger partial charge is 0.228 e. The Kier molecular flexibility index (Phi) is 3.53. The van der Waals surface area contributed by atoms with Gasteiger partial charge >= 0.3 is 0 Å². The molecule has 1 aromatic carbocycles. The van der Waals surface area contributed by atoms with E-state index < -0.39 is 0 Å². The molecule has 2 aliphatic rings. The van der Waals surface area contributed by atoms with Gasteiger partial charge in [0.2, 0.25) is 5.91 Å². The van der Waals surface area contributed by atoms with Crippen molar-refractivity contribution in [1.29, 1.82) is 0 Å². The molecule has 4 nitrogen and oxygen atoms in total. The largest absolute Gasteiger partial charge is 0.326 e. The van der Waals surface area contributed by atoms with Gasteiger partial charge in [-0.3, -0.25) is 4.79 Å². The molecule has 2 aliphatic heterocycles. The Balaban J connectivity index is 1.62. The number of likely N-dealkylation sites (N-methyl/N-ethyl adjacent to an activating group) is 1. The van der Waals surface area contributed by atoms with Crippen LogP contribution in [0.2, 0.25) is 0 Å². The van der Waals surface area contributed by atoms with Crippen LogP contribution in [-0.2, 0) is 17.6 Å². The summed E-state index contributed by atoms with van der Waals surface area (Å²) in [5, 5.41) is 2.92. The van der Waals surface area contributed by atoms with E-state index in [1.54, 1.807) is 0 Å². The van der Waals surface area contributed by atoms with Gasteiger partial charge in [-0.1, -0.05) is 12.1 Å². The lowest BCUT2D eigenvalue weighted by atomic mass is 10.0. The van der Waals surface area contributed by atoms with E-state index in [2.05, 4.69) is 28.2 Å². The average Bonchev–Trinajstić information content (AvgIpc) is 2.79. The predicted octanol–water partition coefficient (Wildman–Crippen LogP) is 0.971. The number of hydrogen-bond acceptors (Lipinski definition) is 3. The third kappa shape index (κ3) is 2.80. The molecule has 0 aromatic heterocycles. The van der Waals surface area contributed by atoms with E-state index in [0.717, 1.165) is 44.8 Å². The minimum absolute atomic E-state index is 0.127. The van der Waals surface area contributed by atoms with Crippen LogP contribution in [-0.4, -0.2) is 55.5 Å². The minimum Gasteiger partial charge on any atom is -0.326 e. The number of nitrogens with zero attached hydrogens (tertiary/aromatic N) is 2. The average molecular weight is 259 g/mol. The zero-order valence-electron chi connectivity index (χ0n) is 11.5. The zero-order chi connectivity index (χ0) is 13.2. The number of carbonyl (C=O) groups is 1. The highest BCUT2D eigenvalue weighted by Crippen LogP contribution is 2.26. The van der Waals surface area contributed by atoms with Crippen molar-refractivity contribution in [1.82, 2.24) is 9.80 Å². The maximum atomic E-state index is 11.5. The Morgan fingerprint density at radius 1 is 1.21 bits per heavy atom. The van der Waals surface area contributed by atoms with Crippen molar-refractivity contribution in [2.24, 2.45) is 0 Å². The highest BCUT2D eigenvalue weighted by atomic mass is 16.1. The van der Waals surface area contributed by atoms with Crippen LogP contribution in [0.4, 0.5) is 5.69 Å². The number of amides is 1. The summed E-state index contributed by atoms with van der Waals surface area (Å²) in [6.45, 7) is 5.73. The Morgan fingerprint density at radius 2 is 2.00 bits per heavy atom. The Labute approximate surface area is 114 Å². The van der Waals surface area contributed by atoms with Gasteiger partial charge in [0, 0.05) is 38.4 Å². The van der Waals surface area contributed by atoms with Gasteiger partial charge < -0.3 is 15.1 Å². The van der Waals surface area contributed by atoms with Crippen LogP contribution in [0.15, 0.2) is 18.2 Å². The molecular formula is C15H21N3O. The second-order valence-corrected chi connectivity index (χ2v) is 5.56. The summed E-state index contributed by atoms with van der Waals surface area (Å²) in [6, 6.07) is 6.21. The van der Waals surface area contributed by atoms with Gasteiger partial charge in [-0.05, 0) is 30.7 Å². The van der Waals surface area contributed by atoms with Gasteiger partial charge in [0.1, 0.15) is 0 Å². The van der Waals surface area contributed by atoms with Gasteiger partial charge in [0.15, 0.2) is 0 Å². The molecule has 19 heavy (non-hydrogen) atoms. The zero-order valence-corrected chi connectivity index (χ0v) is 11.5. The van der Waals surface area contributed by atoms with Gasteiger partial charge in [-0.25, -0.2) is 0 Å². The van der Waals surface area contributed by atoms with E-state index >= 15 is 0 Å². The maximum absolute atomic E-state index is 11.5. The number of carbonyl (C=O) groups excluding carboxylic acids is 1. The molecule has 2 heterocycles. The molecule has 0 atom stereocenters. The normalized spacial score (nSPS) is 20.4. The van der Waals surface area contributed by atoms with Crippen LogP contribution in [0.25, 0.3) is 0 Å². The number of piperazine rings is 1. The second kappa shape index (κ2) is 5.31. The Bertz CT molecular complexity index is 478. The van der Waals surface area contributed by atoms with Gasteiger partial charge in [-0.15, -0.1) is 0 Å². The van der Waals surface area contributed by atoms with Crippen LogP contribution in [0.1, 0.15) is 11.1 Å². The number of anilines is 1. The molecule has 0 bridgehead atoms. The Morgan fingerprint density at radius 3 is 2.79 bits per heavy atom. The molecule has 1 N–H and O–H groups in total. The standard InChI is InChI=1S/C15H21N3O/c1-17-7-9-18(10-8-17)6-5-12-3-2-4-14-13(12)11-15(19)16-14/h2-4H,5-11H2,1H3,(H,16,19). The summed E-state index contributed by atoms with van der Waals surface area (Å²) in [6.07, 6.45) is 1.59. The molecule has 0 spiro atoms. The van der Waals surface area contributed by atoms with Crippen LogP contribution >= 0.6 is 0 Å². The van der Waals surface area contributed by atoms with Crippen molar-refractivity contribution < 1.29 is 4.79 Å². The van der Waals surface area contributed by atoms with Crippen molar-refractivity contribution in [3.63, 3.8) is 0 Å². The van der Waals surface area contributed by atoms with E-state index in [1.807, 2.05) is 12.1 Å². The SMILES string of the molecule is CN1CCN(CCc2cccc3c2CC(=O)N3)CC1. The molecule has 0 saturated carbocycles. The fraction of sp³-hybridized carbons (Fsp3) is 0.533. The van der Waals surface area contributed by atoms with Crippen molar-refractivity contribution >= 4 is 11.6 Å². The van der Waals surface area contributed by atoms with Gasteiger partial charge in [-0.2, -0.15) is 0 Å². The maximum Gasteiger partial charge on any atom is 0.228 e. The minimum atomic E-state index is 0.127. The fourth-order valence-corrected chi connectivity index (χ4v) is 2.90. The number of hydrogen-bond donors (Lipinski definition) is 1. The third-order valence-electron chi connectivity index (χ3n) is 4.18. The molecule has 0 aliphatic carbocycles. The molecule has 4 heteroatoms. The first kappa shape index (κ1) is 12.6. The van der Waals surface area contributed by atoms with E-state index in [9.17, 15) is 4.79 Å². The van der Waals surface area contributed by atoms with E-state index in [1.165, 1.54) is 11.1 Å². The molecule has 1 fully saturated rings. The Hall–Kier alpha value is -1.39. The molecule has 3 rings (SSSR count). The second-order valence-electron chi connectivity index (χ2n) is 5.56. The molecule has 1 saturated heterocycles. The molecule has 1 aromatic rings. The third-order valence-corrected chi connectivity index (χ3v) is 4.18. The number of rotatable bonds is 3. The molecule has 0 unspecified atom stereocenters. The van der Waals surface area contributed by atoms with Crippen molar-refractivity contribution in [2.75, 3.05) is 45.1 Å². The van der Waals surface area contributed by atoms with Crippen LogP contribution in [0.5, 0.6) is 0 Å². The molecular weight excluding hydrogens is 238 g/mol. The highest BCUT2D eigenvalue weighted by Gasteiger charge is 2.21. The lowest BCUT2D eigenvalue weighted by molar-refractivity contribution is -0.115. The molecule has 102 valence electrons. The van der Waals surface area contributed by atoms with Crippen LogP contribution in [0.3, 0.4) is 0 Å². The number of benzene rings is 1. The van der Waals surface area contributed by atoms with Crippen molar-refractivity contribution in [3.8, 4) is 0 Å². The van der Waals surface area contributed by atoms with Gasteiger partial charge in [0.25, 0.3) is 0 Å². The summed E-state index contributed by atoms with van der Waals surface area (Å²) >= 11 is 0. The summed E-state index contributed by atoms with van der Waals surface area (Å²) < 4.78 is 0. The number of fused-ring (bicyclic) bond motifs is 1. The van der Waals surface area contributed by atoms with Crippen molar-refractivity contribution in [3.05, 3.63) is 29.3 Å². The molecule has 0 radical (unpaired) electrons. The van der Waals surface area contributed by atoms with E-state index in [-0.39, 0.29) is 5.91 Å². The number of nitrogens with one attached hydrogen (secondary N) is 1. The van der Waals surface area contributed by atoms with E-state index in [4.69, 9.17) is 0 Å². The fourth-order valence-electron chi connectivity index (χ4n) is 2.90. The van der Waals surface area contributed by atoms with E-state index in [0.29, 0.717) is 6.42 Å². The lowest BCUT2D eigenvalue weighted by Crippen LogP contribution is -2.45. The predicted molar refractivity (Wildman–Crippen MR) is 76.4 cm³/mol. The topological polar surface area (TPSA) is 35.6 Å². The summed E-state index contributed by atoms with van der Waals surface area (Å²) in [5.74, 6) is 0.127. The van der Waals surface area contributed by atoms with Gasteiger partial charge in [0.05, 0.1) is 6.42 Å². The first-order valence-electron chi connectivity index (χ1n) is 7.04. The summed E-state index contributed by atoms with van der Waals surface area (Å²) in [4.78, 5) is 16.4. The molecule has 1 amide bonds. The summed E-state index contributed by atoms with van der Waals surface area (Å²) in [7, 11) is 2.18. The quantitative estimate of drug-likeness (QED) is 0.878. The highest BCUT2D eigenvalue weighted by molar-refractivity contribution is 5.99. The van der Waals surface area contributed by atoms with Crippen LogP contribution < -0.4 is 5.32 Å². The van der Waals surface area contributed by atoms with Crippen molar-refractivity contribution in [2.45, 2.75) is 12.8 Å². The van der Waals surface area contributed by atoms with Crippen LogP contribution in [0, 0.1) is 0 Å². The summed E-state index contributed by atoms with van der Waals surface area (Å²) in [5.41, 5.74) is 3.55.